The van der Waals surface area contributed by atoms with E-state index < -0.39 is 0 Å². The number of nitrogens with zero attached hydrogens (tertiary/aromatic N) is 3. The van der Waals surface area contributed by atoms with Crippen LogP contribution in [-0.4, -0.2) is 54.6 Å². The van der Waals surface area contributed by atoms with Gasteiger partial charge in [0.15, 0.2) is 0 Å². The van der Waals surface area contributed by atoms with Gasteiger partial charge in [-0.1, -0.05) is 0 Å². The molecule has 2 heterocycles. The van der Waals surface area contributed by atoms with Crippen LogP contribution in [0.5, 0.6) is 0 Å². The molecule has 2 aliphatic heterocycles. The Morgan fingerprint density at radius 2 is 1.94 bits per heavy atom. The summed E-state index contributed by atoms with van der Waals surface area (Å²) >= 11 is 0. The van der Waals surface area contributed by atoms with Crippen molar-refractivity contribution in [1.29, 1.82) is 5.26 Å². The molecule has 2 rings (SSSR count). The highest BCUT2D eigenvalue weighted by atomic mass is 15.3. The first-order chi connectivity index (χ1) is 7.79. The molecule has 2 N–H and O–H groups in total. The predicted molar refractivity (Wildman–Crippen MR) is 63.9 cm³/mol. The molecule has 0 amide bonds. The highest BCUT2D eigenvalue weighted by Crippen LogP contribution is 2.19. The van der Waals surface area contributed by atoms with Crippen molar-refractivity contribution in [3.05, 3.63) is 0 Å². The number of nitrogens with two attached hydrogens (primary N) is 1. The van der Waals surface area contributed by atoms with Gasteiger partial charge in [0, 0.05) is 31.6 Å². The minimum atomic E-state index is 0.423. The molecule has 0 aromatic carbocycles. The van der Waals surface area contributed by atoms with E-state index in [-0.39, 0.29) is 0 Å². The second kappa shape index (κ2) is 5.62. The minimum Gasteiger partial charge on any atom is -0.328 e. The van der Waals surface area contributed by atoms with Crippen molar-refractivity contribution in [2.45, 2.75) is 37.8 Å². The molecular weight excluding hydrogens is 200 g/mol. The van der Waals surface area contributed by atoms with Gasteiger partial charge in [0.05, 0.1) is 6.07 Å². The van der Waals surface area contributed by atoms with Gasteiger partial charge in [-0.05, 0) is 38.9 Å². The topological polar surface area (TPSA) is 56.3 Å². The average molecular weight is 222 g/mol. The molecule has 4 heteroatoms. The van der Waals surface area contributed by atoms with E-state index >= 15 is 0 Å². The first-order valence-corrected chi connectivity index (χ1v) is 6.38. The van der Waals surface area contributed by atoms with Crippen LogP contribution in [0.3, 0.4) is 0 Å². The number of likely N-dealkylation sites (tertiary alicyclic amines) is 2. The molecule has 0 saturated carbocycles. The molecule has 0 aliphatic carbocycles. The Hall–Kier alpha value is -0.630. The van der Waals surface area contributed by atoms with Crippen molar-refractivity contribution in [3.8, 4) is 6.07 Å². The molecule has 0 spiro atoms. The summed E-state index contributed by atoms with van der Waals surface area (Å²) in [5, 5.41) is 8.57. The Labute approximate surface area is 98.0 Å². The second-order valence-electron chi connectivity index (χ2n) is 5.02. The van der Waals surface area contributed by atoms with Gasteiger partial charge in [-0.3, -0.25) is 4.90 Å². The monoisotopic (exact) mass is 222 g/mol. The minimum absolute atomic E-state index is 0.423. The van der Waals surface area contributed by atoms with Crippen molar-refractivity contribution < 1.29 is 0 Å². The highest BCUT2D eigenvalue weighted by molar-refractivity contribution is 4.87. The fourth-order valence-corrected chi connectivity index (χ4v) is 2.81. The summed E-state index contributed by atoms with van der Waals surface area (Å²) in [4.78, 5) is 5.01. The van der Waals surface area contributed by atoms with Crippen LogP contribution in [0.2, 0.25) is 0 Å². The SMILES string of the molecule is N#CCCN1CCC(N2CCC(N)CC2)C1. The van der Waals surface area contributed by atoms with E-state index in [4.69, 9.17) is 11.0 Å². The fraction of sp³-hybridized carbons (Fsp3) is 0.917. The largest absolute Gasteiger partial charge is 0.328 e. The first kappa shape index (κ1) is 11.8. The van der Waals surface area contributed by atoms with E-state index in [1.54, 1.807) is 0 Å². The lowest BCUT2D eigenvalue weighted by Gasteiger charge is -2.34. The molecule has 0 bridgehead atoms. The van der Waals surface area contributed by atoms with Crippen LogP contribution in [0.25, 0.3) is 0 Å². The van der Waals surface area contributed by atoms with Crippen LogP contribution in [-0.2, 0) is 0 Å². The van der Waals surface area contributed by atoms with Crippen LogP contribution in [0.4, 0.5) is 0 Å². The van der Waals surface area contributed by atoms with Gasteiger partial charge >= 0.3 is 0 Å². The maximum atomic E-state index is 8.57. The summed E-state index contributed by atoms with van der Waals surface area (Å²) in [5.74, 6) is 0. The third kappa shape index (κ3) is 2.94. The molecule has 0 aromatic rings. The zero-order chi connectivity index (χ0) is 11.4. The zero-order valence-electron chi connectivity index (χ0n) is 9.94. The maximum Gasteiger partial charge on any atom is 0.0635 e. The average Bonchev–Trinajstić information content (AvgIpc) is 2.76. The number of nitriles is 1. The molecule has 2 aliphatic rings. The number of piperidine rings is 1. The third-order valence-electron chi connectivity index (χ3n) is 3.88. The van der Waals surface area contributed by atoms with Gasteiger partial charge in [-0.15, -0.1) is 0 Å². The summed E-state index contributed by atoms with van der Waals surface area (Å²) in [5.41, 5.74) is 5.92. The van der Waals surface area contributed by atoms with Crippen LogP contribution < -0.4 is 5.73 Å². The number of hydrogen-bond donors (Lipinski definition) is 1. The van der Waals surface area contributed by atoms with E-state index in [2.05, 4.69) is 15.9 Å². The molecule has 2 saturated heterocycles. The molecule has 1 atom stereocenters. The summed E-state index contributed by atoms with van der Waals surface area (Å²) < 4.78 is 0. The quantitative estimate of drug-likeness (QED) is 0.751. The van der Waals surface area contributed by atoms with Gasteiger partial charge in [-0.25, -0.2) is 0 Å². The molecule has 90 valence electrons. The smallest absolute Gasteiger partial charge is 0.0635 e. The van der Waals surface area contributed by atoms with E-state index in [0.717, 1.165) is 45.6 Å². The second-order valence-corrected chi connectivity index (χ2v) is 5.02. The first-order valence-electron chi connectivity index (χ1n) is 6.38. The molecular formula is C12H22N4. The van der Waals surface area contributed by atoms with Gasteiger partial charge in [0.2, 0.25) is 0 Å². The number of rotatable bonds is 3. The summed E-state index contributed by atoms with van der Waals surface area (Å²) in [7, 11) is 0. The van der Waals surface area contributed by atoms with Crippen LogP contribution in [0.15, 0.2) is 0 Å². The van der Waals surface area contributed by atoms with Gasteiger partial charge in [0.1, 0.15) is 0 Å². The predicted octanol–water partition coefficient (Wildman–Crippen LogP) is 0.397. The Kier molecular flexibility index (Phi) is 4.16. The summed E-state index contributed by atoms with van der Waals surface area (Å²) in [6, 6.07) is 3.36. The maximum absolute atomic E-state index is 8.57. The summed E-state index contributed by atoms with van der Waals surface area (Å²) in [6.07, 6.45) is 4.22. The van der Waals surface area contributed by atoms with E-state index in [1.165, 1.54) is 6.42 Å². The Bertz CT molecular complexity index is 252. The zero-order valence-corrected chi connectivity index (χ0v) is 9.94. The van der Waals surface area contributed by atoms with E-state index in [9.17, 15) is 0 Å². The van der Waals surface area contributed by atoms with Crippen molar-refractivity contribution in [2.75, 3.05) is 32.7 Å². The molecule has 0 aromatic heterocycles. The van der Waals surface area contributed by atoms with Crippen LogP contribution in [0.1, 0.15) is 25.7 Å². The van der Waals surface area contributed by atoms with Gasteiger partial charge < -0.3 is 10.6 Å². The fourth-order valence-electron chi connectivity index (χ4n) is 2.81. The molecule has 2 fully saturated rings. The van der Waals surface area contributed by atoms with E-state index in [0.29, 0.717) is 18.5 Å². The standard InChI is InChI=1S/C12H22N4/c13-5-1-6-15-7-4-12(10-15)16-8-2-11(14)3-9-16/h11-12H,1-4,6-10,14H2. The lowest BCUT2D eigenvalue weighted by Crippen LogP contribution is -2.46. The Balaban J connectivity index is 1.74. The Morgan fingerprint density at radius 1 is 1.19 bits per heavy atom. The molecule has 4 nitrogen and oxygen atoms in total. The van der Waals surface area contributed by atoms with Crippen molar-refractivity contribution in [2.24, 2.45) is 5.73 Å². The van der Waals surface area contributed by atoms with Gasteiger partial charge in [-0.2, -0.15) is 5.26 Å². The van der Waals surface area contributed by atoms with E-state index in [1.807, 2.05) is 0 Å². The summed E-state index contributed by atoms with van der Waals surface area (Å²) in [6.45, 7) is 5.59. The normalized spacial score (nSPS) is 29.4. The van der Waals surface area contributed by atoms with Crippen molar-refractivity contribution in [1.82, 2.24) is 9.80 Å². The lowest BCUT2D eigenvalue weighted by atomic mass is 10.0. The van der Waals surface area contributed by atoms with Crippen molar-refractivity contribution in [3.63, 3.8) is 0 Å². The molecule has 16 heavy (non-hydrogen) atoms. The van der Waals surface area contributed by atoms with Crippen LogP contribution >= 0.6 is 0 Å². The highest BCUT2D eigenvalue weighted by Gasteiger charge is 2.29. The third-order valence-corrected chi connectivity index (χ3v) is 3.88. The Morgan fingerprint density at radius 3 is 2.62 bits per heavy atom. The number of hydrogen-bond acceptors (Lipinski definition) is 4. The van der Waals surface area contributed by atoms with Gasteiger partial charge in [0.25, 0.3) is 0 Å². The molecule has 1 unspecified atom stereocenters. The molecule has 0 radical (unpaired) electrons. The van der Waals surface area contributed by atoms with Crippen molar-refractivity contribution >= 4 is 0 Å². The van der Waals surface area contributed by atoms with Crippen LogP contribution in [0, 0.1) is 11.3 Å². The lowest BCUT2D eigenvalue weighted by molar-refractivity contribution is 0.153.